The number of nitrogen functional groups attached to an aromatic ring is 1. The molecule has 0 radical (unpaired) electrons. The van der Waals surface area contributed by atoms with Crippen LogP contribution in [0.2, 0.25) is 0 Å². The van der Waals surface area contributed by atoms with Gasteiger partial charge in [0, 0.05) is 35.8 Å². The summed E-state index contributed by atoms with van der Waals surface area (Å²) in [6, 6.07) is 4.31. The summed E-state index contributed by atoms with van der Waals surface area (Å²) in [5.74, 6) is -0.542. The fourth-order valence-electron chi connectivity index (χ4n) is 7.92. The SMILES string of the molecule is C\C(=C(/C=c1/c(N2CC3CCC(C2)N3)nc(OCC23CCCN2CCC3)n/c1=C\F)C(F)(F)F)c1ccc(F)c2sc(N)c(C#N)c12. The number of benzene rings is 1. The molecule has 7 rings (SSSR count). The Labute approximate surface area is 272 Å². The van der Waals surface area contributed by atoms with Gasteiger partial charge in [-0.3, -0.25) is 4.90 Å². The number of alkyl halides is 3. The number of hydrogen-bond acceptors (Lipinski definition) is 9. The van der Waals surface area contributed by atoms with Gasteiger partial charge in [0.2, 0.25) is 0 Å². The van der Waals surface area contributed by atoms with Crippen LogP contribution >= 0.6 is 11.3 Å². The Bertz CT molecular complexity index is 1910. The molecule has 0 saturated carbocycles. The van der Waals surface area contributed by atoms with E-state index < -0.39 is 17.6 Å². The summed E-state index contributed by atoms with van der Waals surface area (Å²) in [5, 5.41) is 12.8. The van der Waals surface area contributed by atoms with Crippen LogP contribution < -0.4 is 31.3 Å². The molecular weight excluding hydrogens is 637 g/mol. The van der Waals surface area contributed by atoms with E-state index in [1.807, 2.05) is 11.0 Å². The number of nitrogens with two attached hydrogens (primary N) is 1. The molecule has 0 aliphatic carbocycles. The number of nitrogens with zero attached hydrogens (tertiary/aromatic N) is 5. The van der Waals surface area contributed by atoms with Gasteiger partial charge in [-0.1, -0.05) is 6.07 Å². The summed E-state index contributed by atoms with van der Waals surface area (Å²) in [6.45, 7) is 4.47. The molecule has 4 saturated heterocycles. The van der Waals surface area contributed by atoms with Gasteiger partial charge in [0.1, 0.15) is 41.0 Å². The molecule has 248 valence electrons. The molecule has 3 aromatic rings. The van der Waals surface area contributed by atoms with Crippen LogP contribution in [0.25, 0.3) is 28.1 Å². The molecule has 2 aromatic heterocycles. The molecule has 0 spiro atoms. The van der Waals surface area contributed by atoms with Gasteiger partial charge in [0.15, 0.2) is 0 Å². The van der Waals surface area contributed by atoms with Gasteiger partial charge < -0.3 is 20.7 Å². The number of ether oxygens (including phenoxy) is 1. The minimum atomic E-state index is -4.92. The minimum absolute atomic E-state index is 0.000158. The van der Waals surface area contributed by atoms with E-state index in [2.05, 4.69) is 20.2 Å². The Hall–Kier alpha value is -3.80. The quantitative estimate of drug-likeness (QED) is 0.362. The number of halogens is 5. The summed E-state index contributed by atoms with van der Waals surface area (Å²) in [4.78, 5) is 13.2. The number of thiophene rings is 1. The average molecular weight is 672 g/mol. The number of piperazine rings is 1. The van der Waals surface area contributed by atoms with Gasteiger partial charge >= 0.3 is 12.2 Å². The molecule has 2 bridgehead atoms. The lowest BCUT2D eigenvalue weighted by molar-refractivity contribution is -0.0860. The van der Waals surface area contributed by atoms with Crippen LogP contribution in [-0.4, -0.2) is 71.5 Å². The number of nitriles is 1. The lowest BCUT2D eigenvalue weighted by atomic mass is 9.95. The van der Waals surface area contributed by atoms with Crippen LogP contribution in [0.4, 0.5) is 32.8 Å². The van der Waals surface area contributed by atoms with Gasteiger partial charge in [-0.2, -0.15) is 28.4 Å². The van der Waals surface area contributed by atoms with Crippen molar-refractivity contribution in [2.24, 2.45) is 0 Å². The minimum Gasteiger partial charge on any atom is -0.461 e. The number of rotatable bonds is 6. The molecule has 1 aromatic carbocycles. The fraction of sp³-hybridized carbons (Fsp3) is 0.485. The first-order valence-electron chi connectivity index (χ1n) is 15.8. The largest absolute Gasteiger partial charge is 0.461 e. The zero-order valence-electron chi connectivity index (χ0n) is 25.8. The van der Waals surface area contributed by atoms with Crippen LogP contribution in [0.3, 0.4) is 0 Å². The maximum absolute atomic E-state index is 15.0. The third-order valence-electron chi connectivity index (χ3n) is 10.2. The van der Waals surface area contributed by atoms with Crippen LogP contribution in [0.15, 0.2) is 17.7 Å². The Morgan fingerprint density at radius 2 is 1.89 bits per heavy atom. The molecule has 4 aliphatic rings. The van der Waals surface area contributed by atoms with E-state index >= 15 is 13.2 Å². The Morgan fingerprint density at radius 3 is 2.53 bits per heavy atom. The lowest BCUT2D eigenvalue weighted by Gasteiger charge is -2.34. The van der Waals surface area contributed by atoms with Crippen molar-refractivity contribution in [3.8, 4) is 12.1 Å². The first-order valence-corrected chi connectivity index (χ1v) is 16.6. The van der Waals surface area contributed by atoms with Crippen LogP contribution in [-0.2, 0) is 0 Å². The van der Waals surface area contributed by atoms with Crippen molar-refractivity contribution in [2.75, 3.05) is 43.4 Å². The van der Waals surface area contributed by atoms with Gasteiger partial charge in [0.05, 0.1) is 21.4 Å². The second kappa shape index (κ2) is 12.0. The van der Waals surface area contributed by atoms with Gasteiger partial charge in [-0.15, -0.1) is 11.3 Å². The molecule has 4 fully saturated rings. The van der Waals surface area contributed by atoms with E-state index in [4.69, 9.17) is 10.5 Å². The Kier molecular flexibility index (Phi) is 8.13. The van der Waals surface area contributed by atoms with Crippen molar-refractivity contribution < 1.29 is 26.7 Å². The topological polar surface area (TPSA) is 103 Å². The van der Waals surface area contributed by atoms with Crippen molar-refractivity contribution in [3.05, 3.63) is 45.2 Å². The van der Waals surface area contributed by atoms with Crippen molar-refractivity contribution >= 4 is 50.2 Å². The predicted octanol–water partition coefficient (Wildman–Crippen LogP) is 4.76. The van der Waals surface area contributed by atoms with E-state index in [0.717, 1.165) is 75.1 Å². The van der Waals surface area contributed by atoms with E-state index in [-0.39, 0.29) is 78.1 Å². The smallest absolute Gasteiger partial charge is 0.416 e. The fourth-order valence-corrected chi connectivity index (χ4v) is 8.86. The standard InChI is InChI=1S/C33H34F5N7OS/c1-18(21-6-7-25(35)28-27(21)23(14-39)29(40)47-28)24(33(36,37)38)12-22-26(13-34)42-31(46-17-32-8-2-10-45(32)11-3-9-32)43-30(22)44-15-19-4-5-20(16-44)41-19/h6-7,12-13,19-20,41H,2-5,8-11,15-17,40H2,1H3/b22-12+,24-18-,26-13-. The number of nitrogens with one attached hydrogen (secondary N) is 1. The monoisotopic (exact) mass is 671 g/mol. The predicted molar refractivity (Wildman–Crippen MR) is 171 cm³/mol. The molecule has 8 nitrogen and oxygen atoms in total. The molecule has 14 heteroatoms. The molecule has 47 heavy (non-hydrogen) atoms. The average Bonchev–Trinajstić information content (AvgIpc) is 3.80. The Balaban J connectivity index is 1.41. The number of fused-ring (bicyclic) bond motifs is 4. The van der Waals surface area contributed by atoms with E-state index in [1.165, 1.54) is 13.0 Å². The second-order valence-electron chi connectivity index (χ2n) is 12.9. The number of aromatic nitrogens is 2. The van der Waals surface area contributed by atoms with E-state index in [9.17, 15) is 14.0 Å². The highest BCUT2D eigenvalue weighted by Gasteiger charge is 2.45. The molecule has 2 unspecified atom stereocenters. The van der Waals surface area contributed by atoms with Crippen molar-refractivity contribution in [3.63, 3.8) is 0 Å². The van der Waals surface area contributed by atoms with Gasteiger partial charge in [-0.25, -0.2) is 8.78 Å². The van der Waals surface area contributed by atoms with Crippen LogP contribution in [0.5, 0.6) is 6.01 Å². The zero-order chi connectivity index (χ0) is 33.1. The van der Waals surface area contributed by atoms with Crippen LogP contribution in [0, 0.1) is 17.1 Å². The van der Waals surface area contributed by atoms with Crippen molar-refractivity contribution in [2.45, 2.75) is 69.2 Å². The third-order valence-corrected chi connectivity index (χ3v) is 11.2. The van der Waals surface area contributed by atoms with Gasteiger partial charge in [0.25, 0.3) is 0 Å². The molecule has 4 aliphatic heterocycles. The summed E-state index contributed by atoms with van der Waals surface area (Å²) >= 11 is 0.801. The highest BCUT2D eigenvalue weighted by atomic mass is 32.1. The Morgan fingerprint density at radius 1 is 1.19 bits per heavy atom. The second-order valence-corrected chi connectivity index (χ2v) is 14.0. The maximum atomic E-state index is 15.0. The van der Waals surface area contributed by atoms with Crippen molar-refractivity contribution in [1.29, 1.82) is 5.26 Å². The highest BCUT2D eigenvalue weighted by Crippen LogP contribution is 2.42. The first-order chi connectivity index (χ1) is 22.5. The highest BCUT2D eigenvalue weighted by molar-refractivity contribution is 7.23. The summed E-state index contributed by atoms with van der Waals surface area (Å²) in [5.41, 5.74) is 4.33. The molecular formula is C33H34F5N7OS. The summed E-state index contributed by atoms with van der Waals surface area (Å²) in [6.07, 6.45) is 1.98. The number of anilines is 2. The molecule has 3 N–H and O–H groups in total. The maximum Gasteiger partial charge on any atom is 0.416 e. The normalized spacial score (nSPS) is 23.8. The molecule has 0 amide bonds. The zero-order valence-corrected chi connectivity index (χ0v) is 26.6. The van der Waals surface area contributed by atoms with Crippen molar-refractivity contribution in [1.82, 2.24) is 20.2 Å². The molecule has 2 atom stereocenters. The van der Waals surface area contributed by atoms with Crippen LogP contribution in [0.1, 0.15) is 56.6 Å². The summed E-state index contributed by atoms with van der Waals surface area (Å²) in [7, 11) is 0. The molecule has 6 heterocycles. The number of allylic oxidation sites excluding steroid dienone is 2. The summed E-state index contributed by atoms with van der Waals surface area (Å²) < 4.78 is 80.6. The van der Waals surface area contributed by atoms with E-state index in [0.29, 0.717) is 19.7 Å². The van der Waals surface area contributed by atoms with Gasteiger partial charge in [-0.05, 0) is 81.8 Å². The third kappa shape index (κ3) is 5.62. The number of hydrogen-bond donors (Lipinski definition) is 2. The van der Waals surface area contributed by atoms with E-state index in [1.54, 1.807) is 0 Å². The lowest BCUT2D eigenvalue weighted by Crippen LogP contribution is -2.53. The first kappa shape index (κ1) is 31.8.